The quantitative estimate of drug-likeness (QED) is 0.398. The number of amides is 3. The number of anilines is 1. The predicted molar refractivity (Wildman–Crippen MR) is 161 cm³/mol. The van der Waals surface area contributed by atoms with Crippen LogP contribution in [0, 0.1) is 11.8 Å². The number of aliphatic hydroxyl groups is 1. The summed E-state index contributed by atoms with van der Waals surface area (Å²) in [6, 6.07) is 14.1. The van der Waals surface area contributed by atoms with E-state index in [1.54, 1.807) is 67.6 Å². The zero-order chi connectivity index (χ0) is 31.0. The number of benzene rings is 2. The van der Waals surface area contributed by atoms with Gasteiger partial charge in [0.25, 0.3) is 5.91 Å². The Morgan fingerprint density at radius 3 is 2.55 bits per heavy atom. The van der Waals surface area contributed by atoms with Crippen LogP contribution in [0.1, 0.15) is 31.4 Å². The molecule has 0 aliphatic carbocycles. The monoisotopic (exact) mass is 619 g/mol. The molecular weight excluding hydrogens is 586 g/mol. The molecule has 11 heteroatoms. The molecule has 230 valence electrons. The van der Waals surface area contributed by atoms with Gasteiger partial charge in [-0.05, 0) is 31.0 Å². The van der Waals surface area contributed by atoms with Gasteiger partial charge >= 0.3 is 5.97 Å². The molecule has 7 atom stereocenters. The van der Waals surface area contributed by atoms with E-state index < -0.39 is 66.1 Å². The fourth-order valence-electron chi connectivity index (χ4n) is 6.80. The van der Waals surface area contributed by atoms with Crippen molar-refractivity contribution in [3.63, 3.8) is 0 Å². The lowest BCUT2D eigenvalue weighted by Crippen LogP contribution is -2.57. The Kier molecular flexibility index (Phi) is 8.32. The molecule has 0 unspecified atom stereocenters. The number of halogens is 1. The van der Waals surface area contributed by atoms with Crippen LogP contribution in [0.4, 0.5) is 5.69 Å². The molecule has 0 radical (unpaired) electrons. The van der Waals surface area contributed by atoms with Gasteiger partial charge in [0.1, 0.15) is 23.7 Å². The molecule has 0 bridgehead atoms. The number of ether oxygens (including phenoxy) is 2. The average molecular weight is 620 g/mol. The van der Waals surface area contributed by atoms with Crippen LogP contribution in [0.15, 0.2) is 78.9 Å². The molecule has 44 heavy (non-hydrogen) atoms. The first kappa shape index (κ1) is 30.1. The Hall–Kier alpha value is -3.99. The van der Waals surface area contributed by atoms with E-state index in [1.807, 2.05) is 18.2 Å². The van der Waals surface area contributed by atoms with Crippen LogP contribution < -0.4 is 10.2 Å². The van der Waals surface area contributed by atoms with E-state index in [0.717, 1.165) is 0 Å². The highest BCUT2D eigenvalue weighted by Crippen LogP contribution is 2.54. The summed E-state index contributed by atoms with van der Waals surface area (Å²) in [5.41, 5.74) is -0.368. The van der Waals surface area contributed by atoms with Crippen molar-refractivity contribution in [3.05, 3.63) is 89.5 Å². The topological polar surface area (TPSA) is 125 Å². The van der Waals surface area contributed by atoms with Gasteiger partial charge in [0.15, 0.2) is 0 Å². The second-order valence-electron chi connectivity index (χ2n) is 11.5. The Morgan fingerprint density at radius 1 is 1.05 bits per heavy atom. The number of carbonyl (C=O) groups is 4. The Morgan fingerprint density at radius 2 is 1.80 bits per heavy atom. The van der Waals surface area contributed by atoms with Crippen LogP contribution in [-0.4, -0.2) is 77.2 Å². The normalized spacial score (nSPS) is 31.9. The third-order valence-corrected chi connectivity index (χ3v) is 9.18. The smallest absolute Gasteiger partial charge is 0.313 e. The third-order valence-electron chi connectivity index (χ3n) is 8.86. The summed E-state index contributed by atoms with van der Waals surface area (Å²) in [7, 11) is 0. The molecule has 2 fully saturated rings. The molecule has 1 spiro atoms. The zero-order valence-corrected chi connectivity index (χ0v) is 24.9. The second-order valence-corrected chi connectivity index (χ2v) is 11.9. The van der Waals surface area contributed by atoms with Gasteiger partial charge in [0.2, 0.25) is 11.8 Å². The molecule has 4 aliphatic heterocycles. The van der Waals surface area contributed by atoms with Crippen LogP contribution in [0.3, 0.4) is 0 Å². The Bertz CT molecular complexity index is 1510. The minimum atomic E-state index is -1.53. The van der Waals surface area contributed by atoms with E-state index in [1.165, 1.54) is 9.80 Å². The number of fused-ring (bicyclic) bond motifs is 2. The maximum atomic E-state index is 14.5. The predicted octanol–water partition coefficient (Wildman–Crippen LogP) is 2.96. The van der Waals surface area contributed by atoms with Crippen LogP contribution in [0.2, 0.25) is 5.02 Å². The van der Waals surface area contributed by atoms with Gasteiger partial charge in [-0.2, -0.15) is 0 Å². The van der Waals surface area contributed by atoms with Crippen molar-refractivity contribution < 1.29 is 33.8 Å². The molecule has 10 nitrogen and oxygen atoms in total. The Labute approximate surface area is 260 Å². The number of aliphatic hydroxyl groups excluding tert-OH is 1. The third kappa shape index (κ3) is 5.10. The summed E-state index contributed by atoms with van der Waals surface area (Å²) in [5.74, 6) is -3.99. The first-order valence-corrected chi connectivity index (χ1v) is 15.2. The standard InChI is InChI=1S/C33H34ClN3O7/c1-20(19-38)37-29-31(41)36(23-13-6-5-12-22(23)34)17-9-16-33(29)28(30(37)40)27-24(44-33)14-7-8-15-26(39)35-18-25(43-32(27)42)21-10-3-2-4-11-21/h2-7,9-14,16,20,24-25,27-29,38H,8,15,17-19H2,1H3,(H,35,39)/b14-7-/t20-,24-,25+,27+,28+,29-,33+/m1/s1. The maximum Gasteiger partial charge on any atom is 0.313 e. The van der Waals surface area contributed by atoms with Gasteiger partial charge in [-0.1, -0.05) is 78.4 Å². The minimum absolute atomic E-state index is 0.0573. The van der Waals surface area contributed by atoms with Gasteiger partial charge in [0, 0.05) is 13.0 Å². The van der Waals surface area contributed by atoms with Gasteiger partial charge < -0.3 is 29.7 Å². The molecule has 2 aromatic carbocycles. The average Bonchev–Trinajstić information content (AvgIpc) is 3.42. The van der Waals surface area contributed by atoms with E-state index in [-0.39, 0.29) is 25.4 Å². The number of hydrogen-bond acceptors (Lipinski definition) is 7. The summed E-state index contributed by atoms with van der Waals surface area (Å²) in [6.45, 7) is 1.47. The maximum absolute atomic E-state index is 14.5. The first-order valence-electron chi connectivity index (χ1n) is 14.8. The number of carbonyl (C=O) groups excluding carboxylic acids is 4. The fraction of sp³-hybridized carbons (Fsp3) is 0.394. The summed E-state index contributed by atoms with van der Waals surface area (Å²) in [5, 5.41) is 13.4. The molecule has 2 aromatic rings. The van der Waals surface area contributed by atoms with Gasteiger partial charge in [-0.25, -0.2) is 0 Å². The number of nitrogens with one attached hydrogen (secondary N) is 1. The van der Waals surface area contributed by atoms with Gasteiger partial charge in [-0.3, -0.25) is 19.2 Å². The largest absolute Gasteiger partial charge is 0.455 e. The van der Waals surface area contributed by atoms with Crippen LogP contribution in [-0.2, 0) is 28.7 Å². The number of esters is 1. The van der Waals surface area contributed by atoms with Gasteiger partial charge in [0.05, 0.1) is 41.9 Å². The van der Waals surface area contributed by atoms with Crippen molar-refractivity contribution >= 4 is 41.0 Å². The molecule has 2 N–H and O–H groups in total. The highest BCUT2D eigenvalue weighted by molar-refractivity contribution is 6.34. The van der Waals surface area contributed by atoms with Gasteiger partial charge in [-0.15, -0.1) is 0 Å². The number of likely N-dealkylation sites (tertiary alicyclic amines) is 1. The van der Waals surface area contributed by atoms with Crippen LogP contribution in [0.5, 0.6) is 0 Å². The summed E-state index contributed by atoms with van der Waals surface area (Å²) in [6.07, 6.45) is 5.80. The van der Waals surface area contributed by atoms with Crippen molar-refractivity contribution in [1.29, 1.82) is 0 Å². The van der Waals surface area contributed by atoms with Crippen LogP contribution >= 0.6 is 11.6 Å². The number of cyclic esters (lactones) is 1. The lowest BCUT2D eigenvalue weighted by molar-refractivity contribution is -0.160. The van der Waals surface area contributed by atoms with Crippen molar-refractivity contribution in [1.82, 2.24) is 10.2 Å². The molecule has 3 amide bonds. The van der Waals surface area contributed by atoms with E-state index in [9.17, 15) is 24.3 Å². The van der Waals surface area contributed by atoms with E-state index in [2.05, 4.69) is 5.32 Å². The number of nitrogens with zero attached hydrogens (tertiary/aromatic N) is 2. The van der Waals surface area contributed by atoms with Crippen molar-refractivity contribution in [2.45, 2.75) is 49.7 Å². The highest BCUT2D eigenvalue weighted by atomic mass is 35.5. The molecule has 2 saturated heterocycles. The number of para-hydroxylation sites is 1. The summed E-state index contributed by atoms with van der Waals surface area (Å²) >= 11 is 6.50. The van der Waals surface area contributed by atoms with E-state index in [4.69, 9.17) is 21.1 Å². The van der Waals surface area contributed by atoms with Crippen molar-refractivity contribution in [2.24, 2.45) is 11.8 Å². The van der Waals surface area contributed by atoms with E-state index in [0.29, 0.717) is 22.7 Å². The molecule has 4 heterocycles. The molecular formula is C33H34ClN3O7. The molecule has 0 aromatic heterocycles. The van der Waals surface area contributed by atoms with Crippen LogP contribution in [0.25, 0.3) is 0 Å². The zero-order valence-electron chi connectivity index (χ0n) is 24.2. The lowest BCUT2D eigenvalue weighted by atomic mass is 9.78. The fourth-order valence-corrected chi connectivity index (χ4v) is 7.03. The second kappa shape index (κ2) is 12.2. The molecule has 4 aliphatic rings. The molecule has 0 saturated carbocycles. The Balaban J connectivity index is 1.45. The minimum Gasteiger partial charge on any atom is -0.455 e. The SMILES string of the molecule is C[C@H](CO)N1C(=O)[C@@H]2[C@H]3C(=O)O[C@H](c4ccccc4)CNC(=O)CC/C=C\[C@H]3O[C@@]23C=CCN(c2ccccc2Cl)C(=O)[C@@H]13. The van der Waals surface area contributed by atoms with Crippen molar-refractivity contribution in [2.75, 3.05) is 24.6 Å². The van der Waals surface area contributed by atoms with E-state index >= 15 is 0 Å². The highest BCUT2D eigenvalue weighted by Gasteiger charge is 2.72. The lowest BCUT2D eigenvalue weighted by Gasteiger charge is -2.37. The summed E-state index contributed by atoms with van der Waals surface area (Å²) < 4.78 is 12.7. The number of rotatable bonds is 4. The molecule has 6 rings (SSSR count). The number of allylic oxidation sites excluding steroid dienone is 1. The summed E-state index contributed by atoms with van der Waals surface area (Å²) in [4.78, 5) is 58.4. The number of hydrogen-bond donors (Lipinski definition) is 2. The van der Waals surface area contributed by atoms with Crippen molar-refractivity contribution in [3.8, 4) is 0 Å². The first-order chi connectivity index (χ1) is 21.3.